The molecule has 6 nitrogen and oxygen atoms in total. The molecule has 0 spiro atoms. The van der Waals surface area contributed by atoms with Crippen molar-refractivity contribution in [3.63, 3.8) is 0 Å². The van der Waals surface area contributed by atoms with Crippen molar-refractivity contribution in [1.29, 1.82) is 0 Å². The molecule has 3 N–H and O–H groups in total. The number of aromatic nitrogens is 2. The Labute approximate surface area is 153 Å². The van der Waals surface area contributed by atoms with E-state index < -0.39 is 5.60 Å². The van der Waals surface area contributed by atoms with E-state index in [1.807, 2.05) is 35.2 Å². The zero-order valence-electron chi connectivity index (χ0n) is 14.7. The standard InChI is InChI=1S/C20H24N4O2/c21-18-15(12-22-13-23-18)19(25)24-11-10-20(26,14-6-2-1-3-7-14)16-8-4-5-9-17(16)24/h1-3,6-7,12-13,16-17,26H,4-5,8-11H2,(H2,21,22,23). The molecule has 0 radical (unpaired) electrons. The summed E-state index contributed by atoms with van der Waals surface area (Å²) >= 11 is 0. The van der Waals surface area contributed by atoms with E-state index in [0.717, 1.165) is 31.2 Å². The molecular weight excluding hydrogens is 328 g/mol. The van der Waals surface area contributed by atoms with Crippen LogP contribution in [0.15, 0.2) is 42.9 Å². The molecule has 6 heteroatoms. The molecule has 1 saturated heterocycles. The first kappa shape index (κ1) is 17.0. The highest BCUT2D eigenvalue weighted by atomic mass is 16.3. The number of carbonyl (C=O) groups is 1. The van der Waals surface area contributed by atoms with Crippen LogP contribution in [0.25, 0.3) is 0 Å². The van der Waals surface area contributed by atoms with E-state index >= 15 is 0 Å². The van der Waals surface area contributed by atoms with E-state index in [4.69, 9.17) is 5.73 Å². The number of likely N-dealkylation sites (tertiary alicyclic amines) is 1. The molecule has 2 heterocycles. The van der Waals surface area contributed by atoms with Crippen LogP contribution in [-0.2, 0) is 5.60 Å². The van der Waals surface area contributed by atoms with Gasteiger partial charge in [0.15, 0.2) is 0 Å². The molecule has 1 aromatic heterocycles. The van der Waals surface area contributed by atoms with Gasteiger partial charge in [-0.15, -0.1) is 0 Å². The fraction of sp³-hybridized carbons (Fsp3) is 0.450. The second kappa shape index (κ2) is 6.68. The van der Waals surface area contributed by atoms with Crippen molar-refractivity contribution < 1.29 is 9.90 Å². The van der Waals surface area contributed by atoms with Crippen molar-refractivity contribution in [2.75, 3.05) is 12.3 Å². The Morgan fingerprint density at radius 2 is 2.00 bits per heavy atom. The van der Waals surface area contributed by atoms with Gasteiger partial charge in [0, 0.05) is 24.7 Å². The SMILES string of the molecule is Nc1ncncc1C(=O)N1CCC(O)(c2ccccc2)C2CCCCC21. The van der Waals surface area contributed by atoms with Crippen molar-refractivity contribution in [3.8, 4) is 0 Å². The summed E-state index contributed by atoms with van der Waals surface area (Å²) in [5, 5.41) is 11.6. The van der Waals surface area contributed by atoms with Crippen molar-refractivity contribution in [3.05, 3.63) is 54.0 Å². The smallest absolute Gasteiger partial charge is 0.259 e. The van der Waals surface area contributed by atoms with Crippen LogP contribution in [0.3, 0.4) is 0 Å². The highest BCUT2D eigenvalue weighted by Gasteiger charge is 2.50. The third-order valence-corrected chi connectivity index (χ3v) is 5.99. The summed E-state index contributed by atoms with van der Waals surface area (Å²) in [6, 6.07) is 9.88. The second-order valence-electron chi connectivity index (χ2n) is 7.32. The van der Waals surface area contributed by atoms with Gasteiger partial charge < -0.3 is 15.7 Å². The number of aliphatic hydroxyl groups is 1. The number of hydrogen-bond donors (Lipinski definition) is 2. The fourth-order valence-electron chi connectivity index (χ4n) is 4.68. The van der Waals surface area contributed by atoms with Gasteiger partial charge in [0.25, 0.3) is 5.91 Å². The Hall–Kier alpha value is -2.47. The van der Waals surface area contributed by atoms with Crippen LogP contribution in [0.4, 0.5) is 5.82 Å². The van der Waals surface area contributed by atoms with Crippen LogP contribution in [0.2, 0.25) is 0 Å². The number of benzene rings is 1. The van der Waals surface area contributed by atoms with Crippen molar-refractivity contribution in [2.24, 2.45) is 5.92 Å². The lowest BCUT2D eigenvalue weighted by Gasteiger charge is -2.52. The number of amides is 1. The molecule has 2 aliphatic rings. The lowest BCUT2D eigenvalue weighted by molar-refractivity contribution is -0.110. The Kier molecular flexibility index (Phi) is 4.36. The molecule has 1 aliphatic heterocycles. The highest BCUT2D eigenvalue weighted by Crippen LogP contribution is 2.47. The Morgan fingerprint density at radius 3 is 2.77 bits per heavy atom. The first-order valence-corrected chi connectivity index (χ1v) is 9.25. The predicted molar refractivity (Wildman–Crippen MR) is 98.2 cm³/mol. The summed E-state index contributed by atoms with van der Waals surface area (Å²) in [4.78, 5) is 22.9. The van der Waals surface area contributed by atoms with E-state index in [1.54, 1.807) is 0 Å². The Morgan fingerprint density at radius 1 is 1.23 bits per heavy atom. The number of carbonyl (C=O) groups excluding carboxylic acids is 1. The van der Waals surface area contributed by atoms with Gasteiger partial charge >= 0.3 is 0 Å². The number of nitrogen functional groups attached to an aromatic ring is 1. The lowest BCUT2D eigenvalue weighted by atomic mass is 9.66. The molecule has 1 amide bonds. The summed E-state index contributed by atoms with van der Waals surface area (Å²) < 4.78 is 0. The van der Waals surface area contributed by atoms with E-state index in [1.165, 1.54) is 12.5 Å². The molecule has 0 bridgehead atoms. The zero-order chi connectivity index (χ0) is 18.1. The van der Waals surface area contributed by atoms with Gasteiger partial charge in [-0.3, -0.25) is 4.79 Å². The predicted octanol–water partition coefficient (Wildman–Crippen LogP) is 2.35. The Bertz CT molecular complexity index is 797. The van der Waals surface area contributed by atoms with Gasteiger partial charge in [-0.2, -0.15) is 0 Å². The number of piperidine rings is 1. The van der Waals surface area contributed by atoms with Crippen LogP contribution in [0, 0.1) is 5.92 Å². The highest BCUT2D eigenvalue weighted by molar-refractivity contribution is 5.98. The first-order valence-electron chi connectivity index (χ1n) is 9.25. The largest absolute Gasteiger partial charge is 0.385 e. The normalized spacial score (nSPS) is 28.4. The number of nitrogens with two attached hydrogens (primary N) is 1. The molecule has 1 saturated carbocycles. The summed E-state index contributed by atoms with van der Waals surface area (Å²) in [7, 11) is 0. The maximum absolute atomic E-state index is 13.1. The van der Waals surface area contributed by atoms with Gasteiger partial charge in [0.1, 0.15) is 17.7 Å². The van der Waals surface area contributed by atoms with Gasteiger partial charge in [-0.1, -0.05) is 43.2 Å². The molecule has 1 aromatic carbocycles. The minimum absolute atomic E-state index is 0.00909. The van der Waals surface area contributed by atoms with E-state index in [9.17, 15) is 9.90 Å². The van der Waals surface area contributed by atoms with Gasteiger partial charge in [0.05, 0.1) is 5.60 Å². The van der Waals surface area contributed by atoms with Crippen LogP contribution in [0.1, 0.15) is 48.0 Å². The summed E-state index contributed by atoms with van der Waals surface area (Å²) in [6.45, 7) is 0.500. The molecule has 136 valence electrons. The number of hydrogen-bond acceptors (Lipinski definition) is 5. The van der Waals surface area contributed by atoms with Gasteiger partial charge in [-0.05, 0) is 24.8 Å². The molecule has 3 atom stereocenters. The van der Waals surface area contributed by atoms with E-state index in [-0.39, 0.29) is 23.7 Å². The minimum Gasteiger partial charge on any atom is -0.385 e. The number of anilines is 1. The minimum atomic E-state index is -0.887. The molecule has 2 fully saturated rings. The topological polar surface area (TPSA) is 92.3 Å². The second-order valence-corrected chi connectivity index (χ2v) is 7.32. The Balaban J connectivity index is 1.67. The quantitative estimate of drug-likeness (QED) is 0.865. The van der Waals surface area contributed by atoms with Crippen LogP contribution in [0.5, 0.6) is 0 Å². The average Bonchev–Trinajstić information content (AvgIpc) is 2.69. The third kappa shape index (κ3) is 2.74. The van der Waals surface area contributed by atoms with Gasteiger partial charge in [0.2, 0.25) is 0 Å². The summed E-state index contributed by atoms with van der Waals surface area (Å²) in [5.41, 5.74) is 6.31. The zero-order valence-corrected chi connectivity index (χ0v) is 14.7. The number of rotatable bonds is 2. The van der Waals surface area contributed by atoms with Crippen LogP contribution < -0.4 is 5.73 Å². The molecule has 1 aliphatic carbocycles. The number of fused-ring (bicyclic) bond motifs is 1. The van der Waals surface area contributed by atoms with E-state index in [0.29, 0.717) is 18.5 Å². The van der Waals surface area contributed by atoms with Crippen molar-refractivity contribution in [2.45, 2.75) is 43.7 Å². The van der Waals surface area contributed by atoms with Crippen LogP contribution in [-0.4, -0.2) is 38.5 Å². The molecule has 4 rings (SSSR count). The first-order chi connectivity index (χ1) is 12.6. The van der Waals surface area contributed by atoms with Crippen molar-refractivity contribution in [1.82, 2.24) is 14.9 Å². The van der Waals surface area contributed by atoms with Gasteiger partial charge in [-0.25, -0.2) is 9.97 Å². The maximum atomic E-state index is 13.1. The summed E-state index contributed by atoms with van der Waals surface area (Å²) in [5.74, 6) is 0.110. The molecule has 26 heavy (non-hydrogen) atoms. The molecule has 2 aromatic rings. The lowest BCUT2D eigenvalue weighted by Crippen LogP contribution is -2.59. The monoisotopic (exact) mass is 352 g/mol. The fourth-order valence-corrected chi connectivity index (χ4v) is 4.68. The summed E-state index contributed by atoms with van der Waals surface area (Å²) in [6.07, 6.45) is 7.32. The van der Waals surface area contributed by atoms with Crippen LogP contribution >= 0.6 is 0 Å². The number of nitrogens with zero attached hydrogens (tertiary/aromatic N) is 3. The van der Waals surface area contributed by atoms with E-state index in [2.05, 4.69) is 9.97 Å². The maximum Gasteiger partial charge on any atom is 0.259 e. The molecular formula is C20H24N4O2. The molecule has 3 unspecified atom stereocenters. The third-order valence-electron chi connectivity index (χ3n) is 5.99. The average molecular weight is 352 g/mol. The van der Waals surface area contributed by atoms with Crippen molar-refractivity contribution >= 4 is 11.7 Å².